The van der Waals surface area contributed by atoms with Gasteiger partial charge >= 0.3 is 0 Å². The molecule has 0 saturated heterocycles. The molecule has 5 heteroatoms. The molecule has 0 aliphatic carbocycles. The van der Waals surface area contributed by atoms with Gasteiger partial charge in [0, 0.05) is 12.6 Å². The Bertz CT molecular complexity index is 173. The molecular formula is C11H25NO4. The third-order valence-electron chi connectivity index (χ3n) is 2.84. The van der Waals surface area contributed by atoms with Crippen molar-refractivity contribution in [3.63, 3.8) is 0 Å². The Labute approximate surface area is 97.1 Å². The number of rotatable bonds is 8. The molecule has 0 aliphatic rings. The summed E-state index contributed by atoms with van der Waals surface area (Å²) < 4.78 is 0. The van der Waals surface area contributed by atoms with Crippen molar-refractivity contribution < 1.29 is 20.4 Å². The van der Waals surface area contributed by atoms with Gasteiger partial charge in [-0.15, -0.1) is 0 Å². The lowest BCUT2D eigenvalue weighted by Gasteiger charge is -2.26. The number of aliphatic hydroxyl groups is 4. The van der Waals surface area contributed by atoms with E-state index >= 15 is 0 Å². The predicted molar refractivity (Wildman–Crippen MR) is 62.1 cm³/mol. The molecule has 5 nitrogen and oxygen atoms in total. The lowest BCUT2D eigenvalue weighted by atomic mass is 10.0. The molecule has 0 spiro atoms. The predicted octanol–water partition coefficient (Wildman–Crippen LogP) is -0.772. The summed E-state index contributed by atoms with van der Waals surface area (Å²) in [5.74, 6) is 0. The first-order valence-corrected chi connectivity index (χ1v) is 5.89. The smallest absolute Gasteiger partial charge is 0.109 e. The van der Waals surface area contributed by atoms with Gasteiger partial charge in [0.25, 0.3) is 0 Å². The van der Waals surface area contributed by atoms with Crippen molar-refractivity contribution in [3.05, 3.63) is 0 Å². The van der Waals surface area contributed by atoms with Gasteiger partial charge in [0.1, 0.15) is 12.2 Å². The maximum Gasteiger partial charge on any atom is 0.109 e. The summed E-state index contributed by atoms with van der Waals surface area (Å²) in [5, 5.41) is 40.6. The molecule has 0 amide bonds. The van der Waals surface area contributed by atoms with Crippen LogP contribution in [0.15, 0.2) is 0 Å². The van der Waals surface area contributed by atoms with Crippen LogP contribution in [0.3, 0.4) is 0 Å². The molecule has 0 heterocycles. The van der Waals surface area contributed by atoms with E-state index in [0.29, 0.717) is 6.04 Å². The average Bonchev–Trinajstić information content (AvgIpc) is 2.27. The van der Waals surface area contributed by atoms with Gasteiger partial charge in [-0.3, -0.25) is 0 Å². The molecule has 0 saturated carbocycles. The number of aliphatic hydroxyl groups excluding tert-OH is 4. The normalized spacial score (nSPS) is 19.5. The highest BCUT2D eigenvalue weighted by Gasteiger charge is 2.27. The van der Waals surface area contributed by atoms with Gasteiger partial charge in [0.2, 0.25) is 0 Å². The molecule has 0 fully saturated rings. The molecule has 0 aliphatic heterocycles. The molecule has 0 aromatic rings. The van der Waals surface area contributed by atoms with Crippen LogP contribution in [0, 0.1) is 0 Å². The topological polar surface area (TPSA) is 93.0 Å². The standard InChI is InChI=1S/C11H25NO4/c1-4-8(5-2)12-6-9(14)11(16)10(15)7(3)13/h7-16H,4-6H2,1-3H3/t7-,9+,10+,11-/m0/s1. The Morgan fingerprint density at radius 2 is 1.44 bits per heavy atom. The quantitative estimate of drug-likeness (QED) is 0.381. The number of nitrogens with one attached hydrogen (secondary N) is 1. The van der Waals surface area contributed by atoms with Crippen LogP contribution in [0.5, 0.6) is 0 Å². The summed E-state index contributed by atoms with van der Waals surface area (Å²) in [5.41, 5.74) is 0. The van der Waals surface area contributed by atoms with E-state index in [2.05, 4.69) is 5.32 Å². The summed E-state index contributed by atoms with van der Waals surface area (Å²) in [6.45, 7) is 5.65. The zero-order chi connectivity index (χ0) is 12.7. The Kier molecular flexibility index (Phi) is 7.87. The van der Waals surface area contributed by atoms with Crippen molar-refractivity contribution >= 4 is 0 Å². The van der Waals surface area contributed by atoms with E-state index in [1.165, 1.54) is 6.92 Å². The maximum absolute atomic E-state index is 9.59. The van der Waals surface area contributed by atoms with Crippen LogP contribution < -0.4 is 5.32 Å². The second-order valence-electron chi connectivity index (χ2n) is 4.21. The van der Waals surface area contributed by atoms with Crippen molar-refractivity contribution in [1.82, 2.24) is 5.32 Å². The lowest BCUT2D eigenvalue weighted by molar-refractivity contribution is -0.0991. The van der Waals surface area contributed by atoms with Gasteiger partial charge in [0.05, 0.1) is 12.2 Å². The van der Waals surface area contributed by atoms with Gasteiger partial charge in [-0.2, -0.15) is 0 Å². The molecule has 0 aromatic heterocycles. The fraction of sp³-hybridized carbons (Fsp3) is 1.00. The summed E-state index contributed by atoms with van der Waals surface area (Å²) in [4.78, 5) is 0. The van der Waals surface area contributed by atoms with Crippen LogP contribution in [-0.4, -0.2) is 57.4 Å². The minimum atomic E-state index is -1.33. The van der Waals surface area contributed by atoms with Crippen molar-refractivity contribution in [3.8, 4) is 0 Å². The molecule has 0 unspecified atom stereocenters. The fourth-order valence-corrected chi connectivity index (χ4v) is 1.50. The first-order chi connectivity index (χ1) is 7.43. The summed E-state index contributed by atoms with van der Waals surface area (Å²) in [7, 11) is 0. The van der Waals surface area contributed by atoms with E-state index in [4.69, 9.17) is 5.11 Å². The van der Waals surface area contributed by atoms with Gasteiger partial charge < -0.3 is 25.7 Å². The monoisotopic (exact) mass is 235 g/mol. The van der Waals surface area contributed by atoms with Crippen LogP contribution in [0.1, 0.15) is 33.6 Å². The third-order valence-corrected chi connectivity index (χ3v) is 2.84. The Morgan fingerprint density at radius 3 is 1.81 bits per heavy atom. The van der Waals surface area contributed by atoms with Crippen molar-refractivity contribution in [2.75, 3.05) is 6.54 Å². The Morgan fingerprint density at radius 1 is 0.938 bits per heavy atom. The van der Waals surface area contributed by atoms with Gasteiger partial charge in [-0.05, 0) is 19.8 Å². The molecule has 4 atom stereocenters. The molecule has 0 rings (SSSR count). The Balaban J connectivity index is 4.00. The highest BCUT2D eigenvalue weighted by atomic mass is 16.4. The zero-order valence-electron chi connectivity index (χ0n) is 10.3. The number of hydrogen-bond acceptors (Lipinski definition) is 5. The van der Waals surface area contributed by atoms with E-state index in [9.17, 15) is 15.3 Å². The van der Waals surface area contributed by atoms with Crippen LogP contribution in [-0.2, 0) is 0 Å². The van der Waals surface area contributed by atoms with E-state index < -0.39 is 24.4 Å². The molecule has 0 aromatic carbocycles. The first kappa shape index (κ1) is 15.8. The van der Waals surface area contributed by atoms with E-state index in [1.807, 2.05) is 13.8 Å². The molecule has 0 radical (unpaired) electrons. The van der Waals surface area contributed by atoms with Crippen molar-refractivity contribution in [1.29, 1.82) is 0 Å². The molecule has 5 N–H and O–H groups in total. The second-order valence-corrected chi connectivity index (χ2v) is 4.21. The molecular weight excluding hydrogens is 210 g/mol. The van der Waals surface area contributed by atoms with E-state index in [0.717, 1.165) is 12.8 Å². The summed E-state index contributed by atoms with van der Waals surface area (Å²) in [6.07, 6.45) is -2.90. The van der Waals surface area contributed by atoms with E-state index in [-0.39, 0.29) is 6.54 Å². The SMILES string of the molecule is CCC(CC)NC[C@@H](O)[C@H](O)[C@H](O)[C@H](C)O. The lowest BCUT2D eigenvalue weighted by Crippen LogP contribution is -2.48. The van der Waals surface area contributed by atoms with Crippen LogP contribution in [0.25, 0.3) is 0 Å². The van der Waals surface area contributed by atoms with Crippen LogP contribution in [0.4, 0.5) is 0 Å². The highest BCUT2D eigenvalue weighted by molar-refractivity contribution is 4.81. The minimum absolute atomic E-state index is 0.206. The fourth-order valence-electron chi connectivity index (χ4n) is 1.50. The summed E-state index contributed by atoms with van der Waals surface area (Å²) in [6, 6.07) is 0.297. The second kappa shape index (κ2) is 7.97. The number of hydrogen-bond donors (Lipinski definition) is 5. The maximum atomic E-state index is 9.59. The van der Waals surface area contributed by atoms with Gasteiger partial charge in [-0.1, -0.05) is 13.8 Å². The van der Waals surface area contributed by atoms with Crippen molar-refractivity contribution in [2.45, 2.75) is 64.1 Å². The Hall–Kier alpha value is -0.200. The van der Waals surface area contributed by atoms with Crippen LogP contribution >= 0.6 is 0 Å². The highest BCUT2D eigenvalue weighted by Crippen LogP contribution is 2.05. The van der Waals surface area contributed by atoms with Gasteiger partial charge in [-0.25, -0.2) is 0 Å². The first-order valence-electron chi connectivity index (χ1n) is 5.89. The molecule has 98 valence electrons. The molecule has 0 bridgehead atoms. The van der Waals surface area contributed by atoms with E-state index in [1.54, 1.807) is 0 Å². The summed E-state index contributed by atoms with van der Waals surface area (Å²) >= 11 is 0. The molecule has 16 heavy (non-hydrogen) atoms. The van der Waals surface area contributed by atoms with Crippen LogP contribution in [0.2, 0.25) is 0 Å². The minimum Gasteiger partial charge on any atom is -0.391 e. The van der Waals surface area contributed by atoms with Gasteiger partial charge in [0.15, 0.2) is 0 Å². The van der Waals surface area contributed by atoms with Crippen molar-refractivity contribution in [2.24, 2.45) is 0 Å². The largest absolute Gasteiger partial charge is 0.391 e. The average molecular weight is 235 g/mol. The third kappa shape index (κ3) is 5.23. The zero-order valence-corrected chi connectivity index (χ0v) is 10.3.